The van der Waals surface area contributed by atoms with Gasteiger partial charge < -0.3 is 20.2 Å². The number of hydrogen-bond acceptors (Lipinski definition) is 5. The second-order valence-electron chi connectivity index (χ2n) is 9.39. The first-order chi connectivity index (χ1) is 15.9. The summed E-state index contributed by atoms with van der Waals surface area (Å²) < 4.78 is 0. The summed E-state index contributed by atoms with van der Waals surface area (Å²) in [5.74, 6) is -0.132. The maximum absolute atomic E-state index is 13.3. The SMILES string of the molecule is Cc1cc([C@@H]2C[C@H]2NC(=O)N(C2CC2)[C@@H]2CCCN(c3cc(C(=O)O)cnn3)C2)ccc1Cl. The van der Waals surface area contributed by atoms with Gasteiger partial charge in [0.15, 0.2) is 5.82 Å². The molecule has 2 N–H and O–H groups in total. The van der Waals surface area contributed by atoms with Crippen LogP contribution in [-0.2, 0) is 0 Å². The minimum Gasteiger partial charge on any atom is -0.478 e. The van der Waals surface area contributed by atoms with Crippen LogP contribution in [0, 0.1) is 6.92 Å². The highest BCUT2D eigenvalue weighted by Gasteiger charge is 2.44. The topological polar surface area (TPSA) is 98.7 Å². The lowest BCUT2D eigenvalue weighted by molar-refractivity contribution is 0.0696. The van der Waals surface area contributed by atoms with Gasteiger partial charge in [0.05, 0.1) is 17.8 Å². The molecule has 2 amide bonds. The molecule has 3 atom stereocenters. The molecule has 1 aromatic heterocycles. The Labute approximate surface area is 197 Å². The van der Waals surface area contributed by atoms with Gasteiger partial charge in [0.1, 0.15) is 0 Å². The van der Waals surface area contributed by atoms with Crippen molar-refractivity contribution < 1.29 is 14.7 Å². The highest BCUT2D eigenvalue weighted by molar-refractivity contribution is 6.31. The highest BCUT2D eigenvalue weighted by atomic mass is 35.5. The van der Waals surface area contributed by atoms with Crippen LogP contribution in [0.2, 0.25) is 5.02 Å². The summed E-state index contributed by atoms with van der Waals surface area (Å²) in [5.41, 5.74) is 2.40. The van der Waals surface area contributed by atoms with Crippen LogP contribution in [0.5, 0.6) is 0 Å². The van der Waals surface area contributed by atoms with E-state index < -0.39 is 5.97 Å². The molecule has 1 saturated heterocycles. The molecule has 3 fully saturated rings. The number of amides is 2. The number of carboxylic acids is 1. The summed E-state index contributed by atoms with van der Waals surface area (Å²) in [4.78, 5) is 28.7. The number of carboxylic acid groups (broad SMARTS) is 1. The Kier molecular flexibility index (Phi) is 5.86. The number of hydrogen-bond donors (Lipinski definition) is 2. The quantitative estimate of drug-likeness (QED) is 0.667. The van der Waals surface area contributed by atoms with Gasteiger partial charge in [0.25, 0.3) is 0 Å². The number of benzene rings is 1. The predicted octanol–water partition coefficient (Wildman–Crippen LogP) is 3.84. The lowest BCUT2D eigenvalue weighted by Gasteiger charge is -2.40. The monoisotopic (exact) mass is 469 g/mol. The zero-order chi connectivity index (χ0) is 23.1. The van der Waals surface area contributed by atoms with Gasteiger partial charge in [-0.3, -0.25) is 0 Å². The fourth-order valence-electron chi connectivity index (χ4n) is 4.85. The number of carbonyl (C=O) groups excluding carboxylic acids is 1. The van der Waals surface area contributed by atoms with E-state index in [1.165, 1.54) is 11.8 Å². The van der Waals surface area contributed by atoms with Crippen LogP contribution in [0.15, 0.2) is 30.5 Å². The Morgan fingerprint density at radius 1 is 1.21 bits per heavy atom. The Hall–Kier alpha value is -2.87. The maximum Gasteiger partial charge on any atom is 0.337 e. The first-order valence-electron chi connectivity index (χ1n) is 11.6. The van der Waals surface area contributed by atoms with E-state index in [2.05, 4.69) is 27.6 Å². The third kappa shape index (κ3) is 4.76. The fourth-order valence-corrected chi connectivity index (χ4v) is 4.97. The molecule has 0 bridgehead atoms. The molecule has 2 aliphatic carbocycles. The Balaban J connectivity index is 1.25. The molecule has 1 aromatic carbocycles. The molecule has 8 nitrogen and oxygen atoms in total. The van der Waals surface area contributed by atoms with Crippen LogP contribution in [-0.4, -0.2) is 63.4 Å². The molecule has 2 heterocycles. The summed E-state index contributed by atoms with van der Waals surface area (Å²) in [6.07, 6.45) is 6.10. The van der Waals surface area contributed by atoms with E-state index in [4.69, 9.17) is 11.6 Å². The Morgan fingerprint density at radius 2 is 2.03 bits per heavy atom. The molecule has 2 saturated carbocycles. The van der Waals surface area contributed by atoms with E-state index in [1.54, 1.807) is 6.07 Å². The van der Waals surface area contributed by atoms with Crippen molar-refractivity contribution in [3.8, 4) is 0 Å². The summed E-state index contributed by atoms with van der Waals surface area (Å²) in [6.45, 7) is 3.41. The van der Waals surface area contributed by atoms with Crippen molar-refractivity contribution in [3.63, 3.8) is 0 Å². The molecule has 0 spiro atoms. The summed E-state index contributed by atoms with van der Waals surface area (Å²) >= 11 is 6.16. The summed E-state index contributed by atoms with van der Waals surface area (Å²) in [7, 11) is 0. The zero-order valence-electron chi connectivity index (χ0n) is 18.6. The normalized spacial score (nSPS) is 24.3. The van der Waals surface area contributed by atoms with Gasteiger partial charge in [-0.2, -0.15) is 5.10 Å². The van der Waals surface area contributed by atoms with Gasteiger partial charge in [-0.25, -0.2) is 9.59 Å². The molecule has 2 aromatic rings. The third-order valence-corrected chi connectivity index (χ3v) is 7.31. The zero-order valence-corrected chi connectivity index (χ0v) is 19.3. The van der Waals surface area contributed by atoms with E-state index >= 15 is 0 Å². The first kappa shape index (κ1) is 21.9. The summed E-state index contributed by atoms with van der Waals surface area (Å²) in [5, 5.41) is 21.3. The number of halogens is 1. The van der Waals surface area contributed by atoms with Gasteiger partial charge in [0.2, 0.25) is 0 Å². The minimum atomic E-state index is -1.02. The lowest BCUT2D eigenvalue weighted by atomic mass is 10.0. The van der Waals surface area contributed by atoms with Crippen molar-refractivity contribution >= 4 is 29.4 Å². The number of anilines is 1. The number of carbonyl (C=O) groups is 2. The predicted molar refractivity (Wildman–Crippen MR) is 125 cm³/mol. The van der Waals surface area contributed by atoms with Gasteiger partial charge in [-0.15, -0.1) is 5.10 Å². The number of rotatable bonds is 6. The molecule has 3 aliphatic rings. The van der Waals surface area contributed by atoms with Crippen LogP contribution in [0.1, 0.15) is 59.5 Å². The van der Waals surface area contributed by atoms with E-state index in [1.807, 2.05) is 22.8 Å². The minimum absolute atomic E-state index is 0.00732. The molecule has 0 unspecified atom stereocenters. The van der Waals surface area contributed by atoms with Crippen molar-refractivity contribution in [2.75, 3.05) is 18.0 Å². The van der Waals surface area contributed by atoms with Gasteiger partial charge >= 0.3 is 12.0 Å². The second kappa shape index (κ2) is 8.82. The second-order valence-corrected chi connectivity index (χ2v) is 9.80. The lowest BCUT2D eigenvalue weighted by Crippen LogP contribution is -2.54. The number of aryl methyl sites for hydroxylation is 1. The molecule has 0 radical (unpaired) electrons. The van der Waals surface area contributed by atoms with Crippen molar-refractivity contribution in [2.45, 2.75) is 63.1 Å². The smallest absolute Gasteiger partial charge is 0.337 e. The van der Waals surface area contributed by atoms with Gasteiger partial charge in [-0.1, -0.05) is 23.7 Å². The van der Waals surface area contributed by atoms with Crippen LogP contribution in [0.3, 0.4) is 0 Å². The molecule has 174 valence electrons. The molecule has 5 rings (SSSR count). The van der Waals surface area contributed by atoms with E-state index in [0.717, 1.165) is 49.2 Å². The average molecular weight is 470 g/mol. The van der Waals surface area contributed by atoms with Gasteiger partial charge in [0, 0.05) is 36.1 Å². The van der Waals surface area contributed by atoms with Crippen LogP contribution < -0.4 is 10.2 Å². The molecule has 9 heteroatoms. The number of aromatic nitrogens is 2. The first-order valence-corrected chi connectivity index (χ1v) is 11.9. The standard InChI is InChI=1S/C24H28ClN5O3/c1-14-9-15(4-7-20(14)25)19-11-21(19)27-24(33)30(17-5-6-17)18-3-2-8-29(13-18)22-10-16(23(31)32)12-26-28-22/h4,7,9-10,12,17-19,21H,2-3,5-6,8,11,13H2,1H3,(H,27,33)(H,31,32)/t18-,19+,21-/m1/s1. The molecule has 33 heavy (non-hydrogen) atoms. The largest absolute Gasteiger partial charge is 0.478 e. The molecular formula is C24H28ClN5O3. The maximum atomic E-state index is 13.3. The Morgan fingerprint density at radius 3 is 2.76 bits per heavy atom. The van der Waals surface area contributed by atoms with E-state index in [0.29, 0.717) is 18.3 Å². The van der Waals surface area contributed by atoms with Crippen LogP contribution >= 0.6 is 11.6 Å². The number of piperidine rings is 1. The molecule has 1 aliphatic heterocycles. The van der Waals surface area contributed by atoms with Gasteiger partial charge in [-0.05, 0) is 62.3 Å². The van der Waals surface area contributed by atoms with E-state index in [-0.39, 0.29) is 29.7 Å². The average Bonchev–Trinajstić information content (AvgIpc) is 3.73. The number of nitrogens with zero attached hydrogens (tertiary/aromatic N) is 4. The number of nitrogens with one attached hydrogen (secondary N) is 1. The number of urea groups is 1. The molecular weight excluding hydrogens is 442 g/mol. The van der Waals surface area contributed by atoms with Crippen LogP contribution in [0.4, 0.5) is 10.6 Å². The third-order valence-electron chi connectivity index (χ3n) is 6.89. The highest BCUT2D eigenvalue weighted by Crippen LogP contribution is 2.42. The van der Waals surface area contributed by atoms with Crippen molar-refractivity contribution in [3.05, 3.63) is 52.2 Å². The van der Waals surface area contributed by atoms with Crippen molar-refractivity contribution in [2.24, 2.45) is 0 Å². The van der Waals surface area contributed by atoms with Crippen LogP contribution in [0.25, 0.3) is 0 Å². The van der Waals surface area contributed by atoms with Crippen molar-refractivity contribution in [1.29, 1.82) is 0 Å². The Bertz CT molecular complexity index is 1080. The fraction of sp³-hybridized carbons (Fsp3) is 0.500. The summed E-state index contributed by atoms with van der Waals surface area (Å²) in [6, 6.07) is 8.16. The van der Waals surface area contributed by atoms with Crippen molar-refractivity contribution in [1.82, 2.24) is 20.4 Å². The number of aromatic carboxylic acids is 1. The van der Waals surface area contributed by atoms with E-state index in [9.17, 15) is 14.7 Å².